The van der Waals surface area contributed by atoms with Crippen LogP contribution in [-0.2, 0) is 6.04 Å². The van der Waals surface area contributed by atoms with Crippen LogP contribution in [0, 0.1) is 0 Å². The molecule has 0 aliphatic carbocycles. The summed E-state index contributed by atoms with van der Waals surface area (Å²) in [5.41, 5.74) is 4.29. The van der Waals surface area contributed by atoms with E-state index in [4.69, 9.17) is 22.2 Å². The number of rotatable bonds is 4. The monoisotopic (exact) mass is 292 g/mol. The normalized spacial score (nSPS) is 11.9. The third-order valence-electron chi connectivity index (χ3n) is 2.60. The van der Waals surface area contributed by atoms with E-state index in [0.29, 0.717) is 0 Å². The van der Waals surface area contributed by atoms with Crippen LogP contribution in [0.2, 0.25) is 0 Å². The van der Waals surface area contributed by atoms with E-state index < -0.39 is 6.69 Å². The molecule has 0 bridgehead atoms. The summed E-state index contributed by atoms with van der Waals surface area (Å²) in [7, 11) is 0. The summed E-state index contributed by atoms with van der Waals surface area (Å²) >= 11 is 12.9. The molecule has 0 saturated heterocycles. The second-order valence-corrected chi connectivity index (χ2v) is 11.0. The van der Waals surface area contributed by atoms with Gasteiger partial charge in [0, 0.05) is 0 Å². The molecule has 2 aromatic rings. The Balaban J connectivity index is 2.06. The van der Waals surface area contributed by atoms with Crippen LogP contribution >= 0.6 is 22.2 Å². The largest absolute Gasteiger partial charge is 0.278 e. The SMILES string of the molecule is Cl[Si](Cl)(/C=C/c1ccccc1)Cc1ccccc1. The molecule has 0 amide bonds. The molecule has 0 nitrogen and oxygen atoms in total. The van der Waals surface area contributed by atoms with Crippen LogP contribution < -0.4 is 0 Å². The van der Waals surface area contributed by atoms with Gasteiger partial charge in [-0.05, 0) is 17.2 Å². The van der Waals surface area contributed by atoms with Gasteiger partial charge in [-0.3, -0.25) is 0 Å². The van der Waals surface area contributed by atoms with Gasteiger partial charge >= 0.3 is 0 Å². The lowest BCUT2D eigenvalue weighted by Gasteiger charge is -2.11. The summed E-state index contributed by atoms with van der Waals surface area (Å²) in [4.78, 5) is 0. The van der Waals surface area contributed by atoms with Crippen molar-refractivity contribution in [2.75, 3.05) is 0 Å². The van der Waals surface area contributed by atoms with Crippen LogP contribution in [0.4, 0.5) is 0 Å². The van der Waals surface area contributed by atoms with E-state index in [0.717, 1.165) is 11.6 Å². The molecule has 0 aliphatic heterocycles. The Morgan fingerprint density at radius 1 is 0.833 bits per heavy atom. The molecule has 2 aromatic carbocycles. The van der Waals surface area contributed by atoms with Gasteiger partial charge in [0.1, 0.15) is 0 Å². The number of hydrogen-bond acceptors (Lipinski definition) is 0. The third kappa shape index (κ3) is 4.34. The third-order valence-corrected chi connectivity index (χ3v) is 5.69. The summed E-state index contributed by atoms with van der Waals surface area (Å²) in [6, 6.07) is 20.9. The van der Waals surface area contributed by atoms with Crippen molar-refractivity contribution in [3.05, 3.63) is 77.5 Å². The number of halogens is 2. The molecule has 0 aromatic heterocycles. The van der Waals surface area contributed by atoms with Crippen molar-refractivity contribution in [1.82, 2.24) is 0 Å². The lowest BCUT2D eigenvalue weighted by atomic mass is 10.2. The van der Waals surface area contributed by atoms with Gasteiger partial charge in [0.25, 0.3) is 6.69 Å². The van der Waals surface area contributed by atoms with E-state index in [1.807, 2.05) is 60.3 Å². The van der Waals surface area contributed by atoms with Crippen LogP contribution in [0.25, 0.3) is 6.08 Å². The zero-order valence-electron chi connectivity index (χ0n) is 9.89. The summed E-state index contributed by atoms with van der Waals surface area (Å²) in [6.07, 6.45) is 2.01. The second kappa shape index (κ2) is 6.23. The van der Waals surface area contributed by atoms with Crippen molar-refractivity contribution in [1.29, 1.82) is 0 Å². The van der Waals surface area contributed by atoms with Gasteiger partial charge < -0.3 is 0 Å². The fourth-order valence-electron chi connectivity index (χ4n) is 1.71. The van der Waals surface area contributed by atoms with E-state index >= 15 is 0 Å². The van der Waals surface area contributed by atoms with Crippen LogP contribution in [0.15, 0.2) is 66.4 Å². The quantitative estimate of drug-likeness (QED) is 0.553. The lowest BCUT2D eigenvalue weighted by molar-refractivity contribution is 1.38. The topological polar surface area (TPSA) is 0 Å². The second-order valence-electron chi connectivity index (χ2n) is 4.17. The van der Waals surface area contributed by atoms with Gasteiger partial charge in [-0.2, -0.15) is 0 Å². The Kier molecular flexibility index (Phi) is 4.64. The molecule has 2 rings (SSSR count). The highest BCUT2D eigenvalue weighted by atomic mass is 35.7. The fraction of sp³-hybridized carbons (Fsp3) is 0.0667. The van der Waals surface area contributed by atoms with Crippen molar-refractivity contribution < 1.29 is 0 Å². The van der Waals surface area contributed by atoms with Gasteiger partial charge in [-0.25, -0.2) is 0 Å². The molecule has 0 unspecified atom stereocenters. The molecular formula is C15H14Cl2Si. The van der Waals surface area contributed by atoms with Gasteiger partial charge in [0.05, 0.1) is 0 Å². The van der Waals surface area contributed by atoms with Crippen molar-refractivity contribution in [2.45, 2.75) is 6.04 Å². The molecular weight excluding hydrogens is 279 g/mol. The highest BCUT2D eigenvalue weighted by Crippen LogP contribution is 2.23. The minimum atomic E-state index is -2.36. The first-order valence-electron chi connectivity index (χ1n) is 5.82. The van der Waals surface area contributed by atoms with Gasteiger partial charge in [0.15, 0.2) is 0 Å². The molecule has 92 valence electrons. The maximum atomic E-state index is 6.44. The standard InChI is InChI=1S/C15H14Cl2Si/c16-18(17,13-15-9-5-2-6-10-15)12-11-14-7-3-1-4-8-14/h1-12H,13H2/b12-11+. The summed E-state index contributed by atoms with van der Waals surface area (Å²) in [5.74, 6) is 0. The van der Waals surface area contributed by atoms with E-state index in [2.05, 4.69) is 12.1 Å². The minimum Gasteiger partial charge on any atom is -0.140 e. The molecule has 0 saturated carbocycles. The minimum absolute atomic E-state index is 0.736. The predicted octanol–water partition coefficient (Wildman–Crippen LogP) is 4.94. The van der Waals surface area contributed by atoms with Crippen LogP contribution in [0.3, 0.4) is 0 Å². The smallest absolute Gasteiger partial charge is 0.140 e. The van der Waals surface area contributed by atoms with Crippen LogP contribution in [0.1, 0.15) is 11.1 Å². The Labute approximate surface area is 118 Å². The maximum absolute atomic E-state index is 6.44. The average molecular weight is 293 g/mol. The molecule has 0 heterocycles. The molecule has 0 fully saturated rings. The van der Waals surface area contributed by atoms with Crippen molar-refractivity contribution >= 4 is 34.9 Å². The predicted molar refractivity (Wildman–Crippen MR) is 83.1 cm³/mol. The molecule has 3 heteroatoms. The van der Waals surface area contributed by atoms with E-state index in [9.17, 15) is 0 Å². The first-order chi connectivity index (χ1) is 8.66. The van der Waals surface area contributed by atoms with Crippen LogP contribution in [0.5, 0.6) is 0 Å². The Morgan fingerprint density at radius 2 is 1.39 bits per heavy atom. The zero-order chi connectivity index (χ0) is 12.8. The van der Waals surface area contributed by atoms with E-state index in [-0.39, 0.29) is 0 Å². The van der Waals surface area contributed by atoms with Gasteiger partial charge in [-0.15, -0.1) is 22.2 Å². The number of benzene rings is 2. The van der Waals surface area contributed by atoms with Crippen LogP contribution in [-0.4, -0.2) is 6.69 Å². The van der Waals surface area contributed by atoms with E-state index in [1.54, 1.807) is 0 Å². The Bertz CT molecular complexity index is 507. The lowest BCUT2D eigenvalue weighted by Crippen LogP contribution is -2.20. The molecule has 0 atom stereocenters. The first-order valence-corrected chi connectivity index (χ1v) is 10.1. The fourth-order valence-corrected chi connectivity index (χ4v) is 4.35. The first kappa shape index (κ1) is 13.4. The highest BCUT2D eigenvalue weighted by Gasteiger charge is 2.24. The summed E-state index contributed by atoms with van der Waals surface area (Å²) in [5, 5.41) is 0. The molecule has 0 aliphatic rings. The Hall–Kier alpha value is -1.02. The van der Waals surface area contributed by atoms with Gasteiger partial charge in [0.2, 0.25) is 0 Å². The molecule has 0 spiro atoms. The van der Waals surface area contributed by atoms with Crippen molar-refractivity contribution in [3.63, 3.8) is 0 Å². The summed E-state index contributed by atoms with van der Waals surface area (Å²) in [6.45, 7) is -2.36. The molecule has 0 radical (unpaired) electrons. The Morgan fingerprint density at radius 3 is 2.00 bits per heavy atom. The van der Waals surface area contributed by atoms with E-state index in [1.165, 1.54) is 5.56 Å². The number of hydrogen-bond donors (Lipinski definition) is 0. The van der Waals surface area contributed by atoms with Crippen molar-refractivity contribution in [2.24, 2.45) is 0 Å². The van der Waals surface area contributed by atoms with Gasteiger partial charge in [-0.1, -0.05) is 72.4 Å². The highest BCUT2D eigenvalue weighted by molar-refractivity contribution is 7.47. The molecule has 0 N–H and O–H groups in total. The average Bonchev–Trinajstić information content (AvgIpc) is 2.38. The molecule has 18 heavy (non-hydrogen) atoms. The maximum Gasteiger partial charge on any atom is 0.278 e. The summed E-state index contributed by atoms with van der Waals surface area (Å²) < 4.78 is 0. The zero-order valence-corrected chi connectivity index (χ0v) is 12.4. The van der Waals surface area contributed by atoms with Crippen molar-refractivity contribution in [3.8, 4) is 0 Å².